The summed E-state index contributed by atoms with van der Waals surface area (Å²) in [5, 5.41) is 11.0. The van der Waals surface area contributed by atoms with Crippen molar-refractivity contribution in [1.29, 1.82) is 0 Å². The van der Waals surface area contributed by atoms with Crippen LogP contribution < -0.4 is 5.32 Å². The van der Waals surface area contributed by atoms with Crippen LogP contribution in [0.4, 0.5) is 4.39 Å². The first-order valence-corrected chi connectivity index (χ1v) is 9.47. The molecule has 29 heavy (non-hydrogen) atoms. The topological polar surface area (TPSA) is 70.7 Å². The number of nitrogens with zero attached hydrogens (tertiary/aromatic N) is 2. The van der Waals surface area contributed by atoms with E-state index in [1.54, 1.807) is 19.2 Å². The minimum Gasteiger partial charge on any atom is -0.352 e. The fourth-order valence-corrected chi connectivity index (χ4v) is 3.32. The van der Waals surface area contributed by atoms with E-state index in [0.717, 1.165) is 27.7 Å². The maximum Gasteiger partial charge on any atom is 0.251 e. The number of aryl methyl sites for hydroxylation is 2. The Hall–Kier alpha value is -3.54. The number of carbonyl (C=O) groups excluding carboxylic acids is 1. The van der Waals surface area contributed by atoms with E-state index in [1.807, 2.05) is 44.2 Å². The molecule has 1 amide bonds. The molecule has 0 aliphatic heterocycles. The van der Waals surface area contributed by atoms with Crippen LogP contribution in [0.3, 0.4) is 0 Å². The van der Waals surface area contributed by atoms with Crippen LogP contribution in [0.25, 0.3) is 33.4 Å². The number of benzene rings is 2. The van der Waals surface area contributed by atoms with E-state index >= 15 is 0 Å². The Labute approximate surface area is 168 Å². The standard InChI is InChI=1S/C23H21FN4O/c1-4-25-23(29)16-8-5-13(2)17(9-16)20-11-21-18(12-26-20)22(28-27-21)15-7-6-14(3)19(24)10-15/h5-12H,4H2,1-3H3,(H,25,29)(H,27,28). The van der Waals surface area contributed by atoms with E-state index < -0.39 is 0 Å². The molecule has 146 valence electrons. The van der Waals surface area contributed by atoms with Gasteiger partial charge >= 0.3 is 0 Å². The Morgan fingerprint density at radius 3 is 2.66 bits per heavy atom. The third-order valence-electron chi connectivity index (χ3n) is 5.01. The van der Waals surface area contributed by atoms with Gasteiger partial charge in [0.25, 0.3) is 5.91 Å². The first-order chi connectivity index (χ1) is 14.0. The summed E-state index contributed by atoms with van der Waals surface area (Å²) in [6.07, 6.45) is 1.74. The summed E-state index contributed by atoms with van der Waals surface area (Å²) >= 11 is 0. The highest BCUT2D eigenvalue weighted by atomic mass is 19.1. The van der Waals surface area contributed by atoms with Crippen molar-refractivity contribution in [2.45, 2.75) is 20.8 Å². The summed E-state index contributed by atoms with van der Waals surface area (Å²) in [6.45, 7) is 6.17. The Morgan fingerprint density at radius 2 is 1.90 bits per heavy atom. The Balaban J connectivity index is 1.77. The molecule has 0 atom stereocenters. The lowest BCUT2D eigenvalue weighted by Crippen LogP contribution is -2.22. The number of fused-ring (bicyclic) bond motifs is 1. The molecule has 5 nitrogen and oxygen atoms in total. The van der Waals surface area contributed by atoms with Gasteiger partial charge in [0.05, 0.1) is 11.2 Å². The Bertz CT molecular complexity index is 1230. The van der Waals surface area contributed by atoms with E-state index in [-0.39, 0.29) is 11.7 Å². The maximum absolute atomic E-state index is 14.0. The zero-order chi connectivity index (χ0) is 20.5. The fraction of sp³-hybridized carbons (Fsp3) is 0.174. The van der Waals surface area contributed by atoms with E-state index in [2.05, 4.69) is 20.5 Å². The summed E-state index contributed by atoms with van der Waals surface area (Å²) in [4.78, 5) is 16.8. The lowest BCUT2D eigenvalue weighted by Gasteiger charge is -2.09. The van der Waals surface area contributed by atoms with Crippen LogP contribution in [-0.2, 0) is 0 Å². The van der Waals surface area contributed by atoms with Gasteiger partial charge in [0, 0.05) is 34.8 Å². The van der Waals surface area contributed by atoms with Gasteiger partial charge in [-0.25, -0.2) is 4.39 Å². The van der Waals surface area contributed by atoms with Crippen molar-refractivity contribution in [2.24, 2.45) is 0 Å². The minimum absolute atomic E-state index is 0.111. The molecule has 0 aliphatic carbocycles. The van der Waals surface area contributed by atoms with E-state index in [1.165, 1.54) is 6.07 Å². The van der Waals surface area contributed by atoms with Crippen LogP contribution in [-0.4, -0.2) is 27.6 Å². The Kier molecular flexibility index (Phi) is 4.84. The molecule has 0 saturated heterocycles. The normalized spacial score (nSPS) is 11.0. The predicted molar refractivity (Wildman–Crippen MR) is 112 cm³/mol. The van der Waals surface area contributed by atoms with Crippen LogP contribution >= 0.6 is 0 Å². The predicted octanol–water partition coefficient (Wildman–Crippen LogP) is 4.80. The molecule has 2 heterocycles. The van der Waals surface area contributed by atoms with Gasteiger partial charge in [0.15, 0.2) is 0 Å². The first-order valence-electron chi connectivity index (χ1n) is 9.47. The highest BCUT2D eigenvalue weighted by Crippen LogP contribution is 2.30. The van der Waals surface area contributed by atoms with E-state index in [4.69, 9.17) is 0 Å². The summed E-state index contributed by atoms with van der Waals surface area (Å²) in [7, 11) is 0. The van der Waals surface area contributed by atoms with Gasteiger partial charge < -0.3 is 5.32 Å². The lowest BCUT2D eigenvalue weighted by atomic mass is 10.0. The number of halogens is 1. The smallest absolute Gasteiger partial charge is 0.251 e. The van der Waals surface area contributed by atoms with Crippen molar-refractivity contribution in [3.8, 4) is 22.5 Å². The van der Waals surface area contributed by atoms with Gasteiger partial charge in [0.1, 0.15) is 11.5 Å². The third kappa shape index (κ3) is 3.49. The van der Waals surface area contributed by atoms with E-state index in [0.29, 0.717) is 28.9 Å². The van der Waals surface area contributed by atoms with Gasteiger partial charge in [-0.2, -0.15) is 5.10 Å². The van der Waals surface area contributed by atoms with Gasteiger partial charge in [-0.05, 0) is 56.2 Å². The van der Waals surface area contributed by atoms with Crippen molar-refractivity contribution in [1.82, 2.24) is 20.5 Å². The number of pyridine rings is 1. The fourth-order valence-electron chi connectivity index (χ4n) is 3.32. The number of carbonyl (C=O) groups is 1. The summed E-state index contributed by atoms with van der Waals surface area (Å²) in [5.74, 6) is -0.374. The molecule has 0 aliphatic rings. The van der Waals surface area contributed by atoms with Gasteiger partial charge in [-0.15, -0.1) is 0 Å². The number of H-pyrrole nitrogens is 1. The van der Waals surface area contributed by atoms with Crippen molar-refractivity contribution < 1.29 is 9.18 Å². The van der Waals surface area contributed by atoms with Crippen LogP contribution in [0.2, 0.25) is 0 Å². The molecule has 0 bridgehead atoms. The number of aromatic amines is 1. The molecule has 2 aromatic carbocycles. The first kappa shape index (κ1) is 18.8. The highest BCUT2D eigenvalue weighted by molar-refractivity contribution is 5.97. The molecule has 0 spiro atoms. The second kappa shape index (κ2) is 7.47. The van der Waals surface area contributed by atoms with Gasteiger partial charge in [-0.1, -0.05) is 18.2 Å². The average Bonchev–Trinajstić information content (AvgIpc) is 3.14. The number of hydrogen-bond acceptors (Lipinski definition) is 3. The van der Waals surface area contributed by atoms with Crippen molar-refractivity contribution in [3.05, 3.63) is 71.2 Å². The van der Waals surface area contributed by atoms with E-state index in [9.17, 15) is 9.18 Å². The molecular weight excluding hydrogens is 367 g/mol. The van der Waals surface area contributed by atoms with Crippen LogP contribution in [0.1, 0.15) is 28.4 Å². The number of rotatable bonds is 4. The molecule has 6 heteroatoms. The van der Waals surface area contributed by atoms with Crippen LogP contribution in [0.15, 0.2) is 48.7 Å². The average molecular weight is 388 g/mol. The van der Waals surface area contributed by atoms with Crippen LogP contribution in [0, 0.1) is 19.7 Å². The molecule has 2 N–H and O–H groups in total. The molecule has 0 saturated carbocycles. The number of amides is 1. The molecule has 4 aromatic rings. The number of aromatic nitrogens is 3. The maximum atomic E-state index is 14.0. The summed E-state index contributed by atoms with van der Waals surface area (Å²) in [6, 6.07) is 12.5. The van der Waals surface area contributed by atoms with Gasteiger partial charge in [-0.3, -0.25) is 14.9 Å². The van der Waals surface area contributed by atoms with Crippen LogP contribution in [0.5, 0.6) is 0 Å². The molecule has 4 rings (SSSR count). The zero-order valence-corrected chi connectivity index (χ0v) is 16.5. The highest BCUT2D eigenvalue weighted by Gasteiger charge is 2.14. The second-order valence-electron chi connectivity index (χ2n) is 7.04. The second-order valence-corrected chi connectivity index (χ2v) is 7.04. The monoisotopic (exact) mass is 388 g/mol. The van der Waals surface area contributed by atoms with Crippen molar-refractivity contribution >= 4 is 16.8 Å². The molecule has 0 fully saturated rings. The third-order valence-corrected chi connectivity index (χ3v) is 5.01. The quantitative estimate of drug-likeness (QED) is 0.528. The number of hydrogen-bond donors (Lipinski definition) is 2. The summed E-state index contributed by atoms with van der Waals surface area (Å²) in [5.41, 5.74) is 5.99. The SMILES string of the molecule is CCNC(=O)c1ccc(C)c(-c2cc3[nH]nc(-c4ccc(C)c(F)c4)c3cn2)c1. The van der Waals surface area contributed by atoms with Crippen molar-refractivity contribution in [2.75, 3.05) is 6.54 Å². The Morgan fingerprint density at radius 1 is 1.10 bits per heavy atom. The molecule has 0 unspecified atom stereocenters. The molecule has 2 aromatic heterocycles. The number of nitrogens with one attached hydrogen (secondary N) is 2. The zero-order valence-electron chi connectivity index (χ0n) is 16.5. The molecular formula is C23H21FN4O. The van der Waals surface area contributed by atoms with Gasteiger partial charge in [0.2, 0.25) is 0 Å². The molecule has 0 radical (unpaired) electrons. The largest absolute Gasteiger partial charge is 0.352 e. The minimum atomic E-state index is -0.263. The lowest BCUT2D eigenvalue weighted by molar-refractivity contribution is 0.0956. The summed E-state index contributed by atoms with van der Waals surface area (Å²) < 4.78 is 14.0. The van der Waals surface area contributed by atoms with Crippen molar-refractivity contribution in [3.63, 3.8) is 0 Å².